The number of nitro benzene ring substituents is 1. The van der Waals surface area contributed by atoms with E-state index in [0.29, 0.717) is 16.3 Å². The van der Waals surface area contributed by atoms with Crippen LogP contribution in [0, 0.1) is 13.7 Å². The standard InChI is InChI=1S/C19H15IN4O7/c1-31-15-5-3-2-4-13(15)21-16(25)9-23-18(27)14(22-19(23)28)7-10-6-11(24(29)30)8-12(20)17(10)26/h2-8,26H,9H2,1H3,(H,21,25)(H,22,28)/b14-7+. The highest BCUT2D eigenvalue weighted by Crippen LogP contribution is 2.31. The van der Waals surface area contributed by atoms with Crippen LogP contribution in [0.5, 0.6) is 11.5 Å². The van der Waals surface area contributed by atoms with Crippen molar-refractivity contribution < 1.29 is 29.2 Å². The average Bonchev–Trinajstić information content (AvgIpc) is 2.98. The van der Waals surface area contributed by atoms with E-state index in [1.54, 1.807) is 46.9 Å². The summed E-state index contributed by atoms with van der Waals surface area (Å²) in [6.45, 7) is -0.571. The molecule has 1 aliphatic heterocycles. The number of para-hydroxylation sites is 2. The summed E-state index contributed by atoms with van der Waals surface area (Å²) in [6, 6.07) is 8.03. The van der Waals surface area contributed by atoms with Gasteiger partial charge in [0.1, 0.15) is 23.7 Å². The number of imide groups is 1. The average molecular weight is 538 g/mol. The molecule has 0 spiro atoms. The number of carbonyl (C=O) groups excluding carboxylic acids is 3. The van der Waals surface area contributed by atoms with Crippen molar-refractivity contribution in [2.75, 3.05) is 19.0 Å². The van der Waals surface area contributed by atoms with Gasteiger partial charge < -0.3 is 20.5 Å². The predicted molar refractivity (Wildman–Crippen MR) is 117 cm³/mol. The lowest BCUT2D eigenvalue weighted by molar-refractivity contribution is -0.385. The SMILES string of the molecule is COc1ccccc1NC(=O)CN1C(=O)N/C(=C/c2cc([N+](=O)[O-])cc(I)c2O)C1=O. The molecule has 2 aromatic rings. The van der Waals surface area contributed by atoms with Crippen LogP contribution in [0.3, 0.4) is 0 Å². The largest absolute Gasteiger partial charge is 0.506 e. The molecule has 160 valence electrons. The molecule has 12 heteroatoms. The normalized spacial score (nSPS) is 14.5. The van der Waals surface area contributed by atoms with E-state index < -0.39 is 29.3 Å². The third kappa shape index (κ3) is 4.74. The lowest BCUT2D eigenvalue weighted by Crippen LogP contribution is -2.38. The number of phenolic OH excluding ortho intramolecular Hbond substituents is 1. The van der Waals surface area contributed by atoms with E-state index >= 15 is 0 Å². The number of nitrogens with one attached hydrogen (secondary N) is 2. The summed E-state index contributed by atoms with van der Waals surface area (Å²) in [6.07, 6.45) is 1.11. The van der Waals surface area contributed by atoms with Crippen molar-refractivity contribution in [3.63, 3.8) is 0 Å². The fourth-order valence-electron chi connectivity index (χ4n) is 2.77. The van der Waals surface area contributed by atoms with Gasteiger partial charge in [0.05, 0.1) is 21.3 Å². The number of amides is 4. The van der Waals surface area contributed by atoms with Gasteiger partial charge in [-0.25, -0.2) is 9.69 Å². The van der Waals surface area contributed by atoms with Crippen LogP contribution in [0.25, 0.3) is 6.08 Å². The Balaban J connectivity index is 1.80. The number of phenols is 1. The number of methoxy groups -OCH3 is 1. The van der Waals surface area contributed by atoms with Crippen molar-refractivity contribution in [2.45, 2.75) is 0 Å². The maximum Gasteiger partial charge on any atom is 0.329 e. The van der Waals surface area contributed by atoms with Gasteiger partial charge in [-0.15, -0.1) is 0 Å². The topological polar surface area (TPSA) is 151 Å². The van der Waals surface area contributed by atoms with Crippen LogP contribution in [0.15, 0.2) is 42.1 Å². The minimum atomic E-state index is -0.842. The van der Waals surface area contributed by atoms with E-state index in [0.717, 1.165) is 12.1 Å². The molecule has 1 heterocycles. The molecular weight excluding hydrogens is 523 g/mol. The minimum Gasteiger partial charge on any atom is -0.506 e. The molecule has 4 amide bonds. The van der Waals surface area contributed by atoms with Crippen molar-refractivity contribution >= 4 is 57.9 Å². The summed E-state index contributed by atoms with van der Waals surface area (Å²) in [5.74, 6) is -1.33. The first-order chi connectivity index (χ1) is 14.7. The Morgan fingerprint density at radius 3 is 2.74 bits per heavy atom. The van der Waals surface area contributed by atoms with Gasteiger partial charge in [-0.2, -0.15) is 0 Å². The molecule has 3 N–H and O–H groups in total. The Labute approximate surface area is 189 Å². The van der Waals surface area contributed by atoms with Crippen LogP contribution < -0.4 is 15.4 Å². The number of rotatable bonds is 6. The van der Waals surface area contributed by atoms with Crippen LogP contribution in [0.2, 0.25) is 0 Å². The fourth-order valence-corrected chi connectivity index (χ4v) is 3.40. The van der Waals surface area contributed by atoms with Crippen molar-refractivity contribution in [1.29, 1.82) is 0 Å². The number of nitro groups is 1. The summed E-state index contributed by atoms with van der Waals surface area (Å²) >= 11 is 1.71. The number of halogens is 1. The van der Waals surface area contributed by atoms with Gasteiger partial charge in [-0.1, -0.05) is 12.1 Å². The van der Waals surface area contributed by atoms with Crippen LogP contribution in [0.4, 0.5) is 16.2 Å². The van der Waals surface area contributed by atoms with Crippen LogP contribution in [0.1, 0.15) is 5.56 Å². The van der Waals surface area contributed by atoms with Crippen molar-refractivity contribution in [1.82, 2.24) is 10.2 Å². The molecule has 0 bridgehead atoms. The fraction of sp³-hybridized carbons (Fsp3) is 0.105. The summed E-state index contributed by atoms with van der Waals surface area (Å²) in [5, 5.41) is 26.1. The maximum atomic E-state index is 12.6. The van der Waals surface area contributed by atoms with Gasteiger partial charge in [0.25, 0.3) is 11.6 Å². The molecule has 1 aliphatic rings. The van der Waals surface area contributed by atoms with E-state index in [9.17, 15) is 29.6 Å². The van der Waals surface area contributed by atoms with Crippen molar-refractivity contribution in [2.24, 2.45) is 0 Å². The second-order valence-electron chi connectivity index (χ2n) is 6.25. The van der Waals surface area contributed by atoms with Gasteiger partial charge in [0.15, 0.2) is 0 Å². The number of nitrogens with zero attached hydrogens (tertiary/aromatic N) is 2. The number of anilines is 1. The first-order valence-electron chi connectivity index (χ1n) is 8.65. The van der Waals surface area contributed by atoms with E-state index in [1.807, 2.05) is 0 Å². The van der Waals surface area contributed by atoms with Crippen molar-refractivity contribution in [3.8, 4) is 11.5 Å². The molecular formula is C19H15IN4O7. The van der Waals surface area contributed by atoms with Gasteiger partial charge in [-0.05, 0) is 40.8 Å². The Morgan fingerprint density at radius 1 is 1.35 bits per heavy atom. The molecule has 0 saturated carbocycles. The van der Waals surface area contributed by atoms with Crippen LogP contribution >= 0.6 is 22.6 Å². The van der Waals surface area contributed by atoms with E-state index in [1.165, 1.54) is 13.2 Å². The number of urea groups is 1. The van der Waals surface area contributed by atoms with Crippen molar-refractivity contribution in [3.05, 3.63) is 61.3 Å². The van der Waals surface area contributed by atoms with Crippen LogP contribution in [-0.2, 0) is 9.59 Å². The Morgan fingerprint density at radius 2 is 2.06 bits per heavy atom. The molecule has 0 aliphatic carbocycles. The number of ether oxygens (including phenoxy) is 1. The molecule has 11 nitrogen and oxygen atoms in total. The van der Waals surface area contributed by atoms with E-state index in [4.69, 9.17) is 4.74 Å². The molecule has 3 rings (SSSR count). The summed E-state index contributed by atoms with van der Waals surface area (Å²) < 4.78 is 5.33. The molecule has 31 heavy (non-hydrogen) atoms. The zero-order valence-corrected chi connectivity index (χ0v) is 18.1. The molecule has 0 aromatic heterocycles. The highest BCUT2D eigenvalue weighted by molar-refractivity contribution is 14.1. The summed E-state index contributed by atoms with van der Waals surface area (Å²) in [7, 11) is 1.43. The smallest absolute Gasteiger partial charge is 0.329 e. The summed E-state index contributed by atoms with van der Waals surface area (Å²) in [5.41, 5.74) is -0.183. The summed E-state index contributed by atoms with van der Waals surface area (Å²) in [4.78, 5) is 48.2. The predicted octanol–water partition coefficient (Wildman–Crippen LogP) is 2.45. The number of benzene rings is 2. The van der Waals surface area contributed by atoms with Gasteiger partial charge >= 0.3 is 6.03 Å². The molecule has 1 saturated heterocycles. The third-order valence-corrected chi connectivity index (χ3v) is 5.06. The number of aromatic hydroxyl groups is 1. The first kappa shape index (κ1) is 22.0. The first-order valence-corrected chi connectivity index (χ1v) is 9.73. The monoisotopic (exact) mass is 538 g/mol. The zero-order valence-electron chi connectivity index (χ0n) is 15.9. The van der Waals surface area contributed by atoms with Crippen LogP contribution in [-0.4, -0.2) is 46.4 Å². The highest BCUT2D eigenvalue weighted by atomic mass is 127. The second kappa shape index (κ2) is 8.99. The van der Waals surface area contributed by atoms with Gasteiger partial charge in [0, 0.05) is 17.7 Å². The third-order valence-electron chi connectivity index (χ3n) is 4.23. The quantitative estimate of drug-likeness (QED) is 0.168. The lowest BCUT2D eigenvalue weighted by Gasteiger charge is -2.13. The van der Waals surface area contributed by atoms with E-state index in [-0.39, 0.29) is 26.3 Å². The second-order valence-corrected chi connectivity index (χ2v) is 7.41. The number of non-ortho nitro benzene ring substituents is 1. The van der Waals surface area contributed by atoms with Gasteiger partial charge in [-0.3, -0.25) is 19.7 Å². The highest BCUT2D eigenvalue weighted by Gasteiger charge is 2.35. The molecule has 0 radical (unpaired) electrons. The van der Waals surface area contributed by atoms with Gasteiger partial charge in [0.2, 0.25) is 5.91 Å². The Hall–Kier alpha value is -3.68. The number of carbonyl (C=O) groups is 3. The van der Waals surface area contributed by atoms with E-state index in [2.05, 4.69) is 10.6 Å². The molecule has 0 atom stereocenters. The Bertz CT molecular complexity index is 1130. The zero-order chi connectivity index (χ0) is 22.7. The number of hydrogen-bond acceptors (Lipinski definition) is 7. The molecule has 0 unspecified atom stereocenters. The lowest BCUT2D eigenvalue weighted by atomic mass is 10.1. The molecule has 2 aromatic carbocycles. The Kier molecular flexibility index (Phi) is 6.39. The maximum absolute atomic E-state index is 12.6. The minimum absolute atomic E-state index is 0.0254. The molecule has 1 fully saturated rings. The number of hydrogen-bond donors (Lipinski definition) is 3.